The normalized spacial score (nSPS) is 11.8. The summed E-state index contributed by atoms with van der Waals surface area (Å²) in [4.78, 5) is 0.284. The maximum Gasteiger partial charge on any atom is 0.417 e. The Labute approximate surface area is 99.4 Å². The summed E-state index contributed by atoms with van der Waals surface area (Å²) in [6, 6.07) is 4.15. The Balaban J connectivity index is 3.09. The first-order valence-corrected chi connectivity index (χ1v) is 6.23. The Hall–Kier alpha value is -0.160. The highest BCUT2D eigenvalue weighted by Gasteiger charge is 2.33. The Morgan fingerprint density at radius 2 is 2.00 bits per heavy atom. The van der Waals surface area contributed by atoms with E-state index in [9.17, 15) is 13.2 Å². The smallest absolute Gasteiger partial charge is 0.166 e. The van der Waals surface area contributed by atoms with E-state index in [1.165, 1.54) is 17.8 Å². The number of halogens is 4. The van der Waals surface area contributed by atoms with Crippen LogP contribution in [0.15, 0.2) is 27.6 Å². The maximum atomic E-state index is 12.6. The monoisotopic (exact) mass is 298 g/mol. The van der Waals surface area contributed by atoms with Gasteiger partial charge in [0.1, 0.15) is 0 Å². The Morgan fingerprint density at radius 3 is 2.53 bits per heavy atom. The molecule has 84 valence electrons. The molecule has 0 unspecified atom stereocenters. The Morgan fingerprint density at radius 1 is 1.33 bits per heavy atom. The second-order valence-corrected chi connectivity index (χ2v) is 4.92. The third-order valence-electron chi connectivity index (χ3n) is 1.72. The van der Waals surface area contributed by atoms with Crippen LogP contribution in [0.1, 0.15) is 18.9 Å². The van der Waals surface area contributed by atoms with Gasteiger partial charge in [-0.1, -0.05) is 13.0 Å². The van der Waals surface area contributed by atoms with E-state index in [-0.39, 0.29) is 4.90 Å². The van der Waals surface area contributed by atoms with Crippen molar-refractivity contribution in [3.8, 4) is 0 Å². The molecule has 0 nitrogen and oxygen atoms in total. The first-order valence-electron chi connectivity index (χ1n) is 4.45. The van der Waals surface area contributed by atoms with E-state index < -0.39 is 11.7 Å². The molecule has 5 heteroatoms. The average Bonchev–Trinajstić information content (AvgIpc) is 2.14. The van der Waals surface area contributed by atoms with Crippen molar-refractivity contribution in [2.24, 2.45) is 0 Å². The molecule has 0 heterocycles. The largest absolute Gasteiger partial charge is 0.417 e. The topological polar surface area (TPSA) is 0 Å². The maximum absolute atomic E-state index is 12.6. The molecular formula is C10H10BrF3S. The molecular weight excluding hydrogens is 289 g/mol. The summed E-state index contributed by atoms with van der Waals surface area (Å²) in [6.45, 7) is 1.94. The van der Waals surface area contributed by atoms with Gasteiger partial charge in [0.25, 0.3) is 0 Å². The number of hydrogen-bond donors (Lipinski definition) is 0. The molecule has 0 aromatic heterocycles. The molecule has 15 heavy (non-hydrogen) atoms. The lowest BCUT2D eigenvalue weighted by Gasteiger charge is -2.13. The minimum atomic E-state index is -4.28. The minimum absolute atomic E-state index is 0.284. The van der Waals surface area contributed by atoms with Gasteiger partial charge in [0.2, 0.25) is 0 Å². The molecule has 0 fully saturated rings. The highest BCUT2D eigenvalue weighted by atomic mass is 79.9. The van der Waals surface area contributed by atoms with Gasteiger partial charge < -0.3 is 0 Å². The van der Waals surface area contributed by atoms with E-state index in [1.807, 2.05) is 6.92 Å². The van der Waals surface area contributed by atoms with Gasteiger partial charge in [-0.3, -0.25) is 0 Å². The molecule has 0 saturated heterocycles. The van der Waals surface area contributed by atoms with Crippen LogP contribution in [0.2, 0.25) is 0 Å². The van der Waals surface area contributed by atoms with Crippen molar-refractivity contribution in [2.75, 3.05) is 5.75 Å². The second kappa shape index (κ2) is 5.25. The molecule has 0 radical (unpaired) electrons. The fourth-order valence-corrected chi connectivity index (χ4v) is 2.75. The number of rotatable bonds is 3. The summed E-state index contributed by atoms with van der Waals surface area (Å²) in [5, 5.41) is 0. The van der Waals surface area contributed by atoms with E-state index >= 15 is 0 Å². The highest BCUT2D eigenvalue weighted by Crippen LogP contribution is 2.40. The predicted molar refractivity (Wildman–Crippen MR) is 60.2 cm³/mol. The van der Waals surface area contributed by atoms with Gasteiger partial charge in [-0.05, 0) is 40.2 Å². The van der Waals surface area contributed by atoms with Gasteiger partial charge in [0.05, 0.1) is 5.56 Å². The molecule has 1 aromatic carbocycles. The lowest BCUT2D eigenvalue weighted by atomic mass is 10.2. The van der Waals surface area contributed by atoms with Crippen molar-refractivity contribution in [3.63, 3.8) is 0 Å². The molecule has 0 N–H and O–H groups in total. The van der Waals surface area contributed by atoms with Gasteiger partial charge in [-0.25, -0.2) is 0 Å². The summed E-state index contributed by atoms with van der Waals surface area (Å²) < 4.78 is 38.4. The standard InChI is InChI=1S/C10H10BrF3S/c1-2-6-15-9-7(10(12,13)14)4-3-5-8(9)11/h3-5H,2,6H2,1H3. The first-order chi connectivity index (χ1) is 6.96. The SMILES string of the molecule is CCCSc1c(Br)cccc1C(F)(F)F. The molecule has 0 amide bonds. The second-order valence-electron chi connectivity index (χ2n) is 2.96. The number of hydrogen-bond acceptors (Lipinski definition) is 1. The predicted octanol–water partition coefficient (Wildman–Crippen LogP) is 4.97. The molecule has 0 atom stereocenters. The van der Waals surface area contributed by atoms with E-state index in [2.05, 4.69) is 15.9 Å². The summed E-state index contributed by atoms with van der Waals surface area (Å²) in [7, 11) is 0. The third-order valence-corrected chi connectivity index (χ3v) is 3.99. The molecule has 1 aromatic rings. The number of alkyl halides is 3. The van der Waals surface area contributed by atoms with Gasteiger partial charge in [-0.15, -0.1) is 11.8 Å². The van der Waals surface area contributed by atoms with Crippen LogP contribution in [-0.2, 0) is 6.18 Å². The Kier molecular flexibility index (Phi) is 4.52. The zero-order valence-electron chi connectivity index (χ0n) is 8.07. The lowest BCUT2D eigenvalue weighted by molar-refractivity contribution is -0.139. The van der Waals surface area contributed by atoms with Crippen LogP contribution >= 0.6 is 27.7 Å². The average molecular weight is 299 g/mol. The van der Waals surface area contributed by atoms with E-state index in [0.29, 0.717) is 10.2 Å². The highest BCUT2D eigenvalue weighted by molar-refractivity contribution is 9.10. The molecule has 0 aliphatic carbocycles. The van der Waals surface area contributed by atoms with Crippen LogP contribution in [0.5, 0.6) is 0 Å². The van der Waals surface area contributed by atoms with Gasteiger partial charge in [-0.2, -0.15) is 13.2 Å². The molecule has 0 bridgehead atoms. The fraction of sp³-hybridized carbons (Fsp3) is 0.400. The van der Waals surface area contributed by atoms with Gasteiger partial charge in [0, 0.05) is 9.37 Å². The van der Waals surface area contributed by atoms with E-state index in [1.54, 1.807) is 6.07 Å². The van der Waals surface area contributed by atoms with Crippen molar-refractivity contribution in [1.29, 1.82) is 0 Å². The molecule has 0 aliphatic heterocycles. The van der Waals surface area contributed by atoms with Crippen molar-refractivity contribution in [2.45, 2.75) is 24.4 Å². The minimum Gasteiger partial charge on any atom is -0.166 e. The van der Waals surface area contributed by atoms with Crippen molar-refractivity contribution in [1.82, 2.24) is 0 Å². The lowest BCUT2D eigenvalue weighted by Crippen LogP contribution is -2.07. The van der Waals surface area contributed by atoms with Crippen LogP contribution in [-0.4, -0.2) is 5.75 Å². The zero-order chi connectivity index (χ0) is 11.5. The molecule has 1 rings (SSSR count). The van der Waals surface area contributed by atoms with Crippen LogP contribution in [0.25, 0.3) is 0 Å². The van der Waals surface area contributed by atoms with Crippen molar-refractivity contribution < 1.29 is 13.2 Å². The molecule has 0 spiro atoms. The first kappa shape index (κ1) is 12.9. The fourth-order valence-electron chi connectivity index (χ4n) is 1.08. The van der Waals surface area contributed by atoms with Crippen molar-refractivity contribution >= 4 is 27.7 Å². The summed E-state index contributed by atoms with van der Waals surface area (Å²) >= 11 is 4.38. The van der Waals surface area contributed by atoms with Crippen LogP contribution in [0, 0.1) is 0 Å². The van der Waals surface area contributed by atoms with E-state index in [4.69, 9.17) is 0 Å². The van der Waals surface area contributed by atoms with Crippen LogP contribution in [0.3, 0.4) is 0 Å². The molecule has 0 aliphatic rings. The van der Waals surface area contributed by atoms with E-state index in [0.717, 1.165) is 12.5 Å². The van der Waals surface area contributed by atoms with Crippen molar-refractivity contribution in [3.05, 3.63) is 28.2 Å². The summed E-state index contributed by atoms with van der Waals surface area (Å²) in [5.41, 5.74) is -0.560. The van der Waals surface area contributed by atoms with Gasteiger partial charge >= 0.3 is 6.18 Å². The van der Waals surface area contributed by atoms with Crippen LogP contribution < -0.4 is 0 Å². The number of benzene rings is 1. The summed E-state index contributed by atoms with van der Waals surface area (Å²) in [6.07, 6.45) is -3.43. The number of thioether (sulfide) groups is 1. The molecule has 0 saturated carbocycles. The third kappa shape index (κ3) is 3.41. The summed E-state index contributed by atoms with van der Waals surface area (Å²) in [5.74, 6) is 0.686. The zero-order valence-corrected chi connectivity index (χ0v) is 10.5. The quantitative estimate of drug-likeness (QED) is 0.710. The van der Waals surface area contributed by atoms with Gasteiger partial charge in [0.15, 0.2) is 0 Å². The Bertz CT molecular complexity index is 336. The van der Waals surface area contributed by atoms with Crippen LogP contribution in [0.4, 0.5) is 13.2 Å².